The van der Waals surface area contributed by atoms with Crippen molar-refractivity contribution in [2.24, 2.45) is 0 Å². The van der Waals surface area contributed by atoms with Gasteiger partial charge in [-0.25, -0.2) is 0 Å². The minimum Gasteiger partial charge on any atom is -0.479 e. The van der Waals surface area contributed by atoms with Crippen LogP contribution in [0.4, 0.5) is 5.69 Å². The molecule has 1 amide bonds. The number of para-hydroxylation sites is 1. The lowest BCUT2D eigenvalue weighted by molar-refractivity contribution is -0.125. The number of aryl methyl sites for hydroxylation is 1. The lowest BCUT2D eigenvalue weighted by atomic mass is 9.99. The van der Waals surface area contributed by atoms with E-state index in [0.717, 1.165) is 30.8 Å². The van der Waals surface area contributed by atoms with Crippen LogP contribution in [0.2, 0.25) is 0 Å². The Bertz CT molecular complexity index is 428. The zero-order chi connectivity index (χ0) is 10.4. The summed E-state index contributed by atoms with van der Waals surface area (Å²) in [5, 5.41) is 0. The molecule has 0 bridgehead atoms. The number of ether oxygens (including phenoxy) is 1. The highest BCUT2D eigenvalue weighted by Crippen LogP contribution is 2.39. The minimum atomic E-state index is -0.342. The van der Waals surface area contributed by atoms with Gasteiger partial charge < -0.3 is 9.64 Å². The van der Waals surface area contributed by atoms with Crippen molar-refractivity contribution in [2.75, 3.05) is 11.4 Å². The number of anilines is 1. The van der Waals surface area contributed by atoms with Crippen LogP contribution in [0.1, 0.15) is 18.9 Å². The van der Waals surface area contributed by atoms with Gasteiger partial charge in [0.25, 0.3) is 5.91 Å². The van der Waals surface area contributed by atoms with Gasteiger partial charge in [0.15, 0.2) is 6.10 Å². The summed E-state index contributed by atoms with van der Waals surface area (Å²) in [6.45, 7) is 2.64. The Morgan fingerprint density at radius 2 is 2.33 bits per heavy atom. The van der Waals surface area contributed by atoms with Crippen molar-refractivity contribution in [1.82, 2.24) is 0 Å². The van der Waals surface area contributed by atoms with Crippen molar-refractivity contribution in [3.05, 3.63) is 23.8 Å². The molecule has 1 unspecified atom stereocenters. The van der Waals surface area contributed by atoms with Gasteiger partial charge in [-0.3, -0.25) is 4.79 Å². The zero-order valence-electron chi connectivity index (χ0n) is 8.69. The van der Waals surface area contributed by atoms with Gasteiger partial charge >= 0.3 is 0 Å². The van der Waals surface area contributed by atoms with Gasteiger partial charge in [0.05, 0.1) is 5.69 Å². The maximum absolute atomic E-state index is 11.9. The van der Waals surface area contributed by atoms with Crippen molar-refractivity contribution in [1.29, 1.82) is 0 Å². The van der Waals surface area contributed by atoms with E-state index in [0.29, 0.717) is 0 Å². The highest BCUT2D eigenvalue weighted by molar-refractivity contribution is 6.01. The molecule has 2 aliphatic heterocycles. The first-order chi connectivity index (χ1) is 7.27. The average Bonchev–Trinajstić information content (AvgIpc) is 2.26. The summed E-state index contributed by atoms with van der Waals surface area (Å²) in [5.41, 5.74) is 2.24. The number of rotatable bonds is 0. The van der Waals surface area contributed by atoms with Crippen LogP contribution in [0.25, 0.3) is 0 Å². The van der Waals surface area contributed by atoms with Crippen molar-refractivity contribution >= 4 is 11.6 Å². The molecule has 0 spiro atoms. The van der Waals surface area contributed by atoms with Gasteiger partial charge in [-0.1, -0.05) is 12.1 Å². The Morgan fingerprint density at radius 1 is 1.47 bits per heavy atom. The number of amides is 1. The normalized spacial score (nSPS) is 23.4. The second kappa shape index (κ2) is 2.99. The molecule has 3 heteroatoms. The predicted octanol–water partition coefficient (Wildman–Crippen LogP) is 1.75. The highest BCUT2D eigenvalue weighted by atomic mass is 16.5. The second-order valence-corrected chi connectivity index (χ2v) is 4.12. The Labute approximate surface area is 88.6 Å². The van der Waals surface area contributed by atoms with Crippen LogP contribution in [-0.2, 0) is 11.2 Å². The maximum Gasteiger partial charge on any atom is 0.267 e. The minimum absolute atomic E-state index is 0.0923. The lowest BCUT2D eigenvalue weighted by Gasteiger charge is -2.37. The van der Waals surface area contributed by atoms with Crippen LogP contribution in [-0.4, -0.2) is 18.6 Å². The summed E-state index contributed by atoms with van der Waals surface area (Å²) in [6, 6.07) is 6.03. The molecule has 0 aromatic heterocycles. The van der Waals surface area contributed by atoms with E-state index < -0.39 is 0 Å². The number of nitrogens with zero attached hydrogens (tertiary/aromatic N) is 1. The van der Waals surface area contributed by atoms with E-state index in [2.05, 4.69) is 6.07 Å². The third kappa shape index (κ3) is 1.16. The summed E-state index contributed by atoms with van der Waals surface area (Å²) >= 11 is 0. The smallest absolute Gasteiger partial charge is 0.267 e. The van der Waals surface area contributed by atoms with E-state index in [-0.39, 0.29) is 12.0 Å². The summed E-state index contributed by atoms with van der Waals surface area (Å²) in [5.74, 6) is 0.953. The largest absolute Gasteiger partial charge is 0.479 e. The zero-order valence-corrected chi connectivity index (χ0v) is 8.69. The molecule has 1 aromatic rings. The summed E-state index contributed by atoms with van der Waals surface area (Å²) in [7, 11) is 0. The fraction of sp³-hybridized carbons (Fsp3) is 0.417. The van der Waals surface area contributed by atoms with Crippen molar-refractivity contribution in [3.63, 3.8) is 0 Å². The first-order valence-corrected chi connectivity index (χ1v) is 5.37. The second-order valence-electron chi connectivity index (χ2n) is 4.12. The molecule has 0 radical (unpaired) electrons. The van der Waals surface area contributed by atoms with Crippen LogP contribution in [0.15, 0.2) is 18.2 Å². The molecule has 0 N–H and O–H groups in total. The Hall–Kier alpha value is -1.51. The Morgan fingerprint density at radius 3 is 3.20 bits per heavy atom. The summed E-state index contributed by atoms with van der Waals surface area (Å²) in [6.07, 6.45) is 1.76. The van der Waals surface area contributed by atoms with Crippen LogP contribution >= 0.6 is 0 Å². The molecule has 3 nitrogen and oxygen atoms in total. The van der Waals surface area contributed by atoms with Crippen molar-refractivity contribution in [3.8, 4) is 5.75 Å². The van der Waals surface area contributed by atoms with E-state index >= 15 is 0 Å². The van der Waals surface area contributed by atoms with E-state index in [1.165, 1.54) is 5.56 Å². The number of benzene rings is 1. The number of carbonyl (C=O) groups is 1. The Balaban J connectivity index is 2.20. The van der Waals surface area contributed by atoms with Crippen LogP contribution in [0.5, 0.6) is 5.75 Å². The molecule has 15 heavy (non-hydrogen) atoms. The number of hydrogen-bond donors (Lipinski definition) is 0. The van der Waals surface area contributed by atoms with Gasteiger partial charge in [-0.2, -0.15) is 0 Å². The monoisotopic (exact) mass is 203 g/mol. The molecule has 0 aliphatic carbocycles. The molecule has 0 saturated carbocycles. The van der Waals surface area contributed by atoms with Crippen molar-refractivity contribution < 1.29 is 9.53 Å². The van der Waals surface area contributed by atoms with Gasteiger partial charge in [0.2, 0.25) is 0 Å². The van der Waals surface area contributed by atoms with E-state index in [1.807, 2.05) is 24.0 Å². The molecule has 1 aromatic carbocycles. The SMILES string of the molecule is CC1Oc2cccc3c2N(CCC3)C1=O. The molecular weight excluding hydrogens is 190 g/mol. The highest BCUT2D eigenvalue weighted by Gasteiger charge is 2.34. The van der Waals surface area contributed by atoms with Crippen LogP contribution in [0.3, 0.4) is 0 Å². The Kier molecular flexibility index (Phi) is 1.75. The number of hydrogen-bond acceptors (Lipinski definition) is 2. The van der Waals surface area contributed by atoms with Gasteiger partial charge in [0, 0.05) is 6.54 Å². The molecule has 2 aliphatic rings. The molecule has 3 rings (SSSR count). The van der Waals surface area contributed by atoms with E-state index in [4.69, 9.17) is 4.74 Å². The molecule has 1 atom stereocenters. The summed E-state index contributed by atoms with van der Waals surface area (Å²) in [4.78, 5) is 13.8. The predicted molar refractivity (Wildman–Crippen MR) is 57.2 cm³/mol. The van der Waals surface area contributed by atoms with E-state index in [1.54, 1.807) is 0 Å². The molecule has 78 valence electrons. The topological polar surface area (TPSA) is 29.5 Å². The van der Waals surface area contributed by atoms with Gasteiger partial charge in [0.1, 0.15) is 5.75 Å². The van der Waals surface area contributed by atoms with Gasteiger partial charge in [-0.05, 0) is 31.4 Å². The van der Waals surface area contributed by atoms with E-state index in [9.17, 15) is 4.79 Å². The maximum atomic E-state index is 11.9. The third-order valence-electron chi connectivity index (χ3n) is 3.10. The standard InChI is InChI=1S/C12H13NO2/c1-8-12(14)13-7-3-5-9-4-2-6-10(15-8)11(9)13/h2,4,6,8H,3,5,7H2,1H3. The summed E-state index contributed by atoms with van der Waals surface area (Å²) < 4.78 is 5.60. The lowest BCUT2D eigenvalue weighted by Crippen LogP contribution is -2.46. The van der Waals surface area contributed by atoms with Crippen LogP contribution in [0, 0.1) is 0 Å². The fourth-order valence-electron chi connectivity index (χ4n) is 2.39. The molecule has 0 fully saturated rings. The van der Waals surface area contributed by atoms with Gasteiger partial charge in [-0.15, -0.1) is 0 Å². The fourth-order valence-corrected chi connectivity index (χ4v) is 2.39. The molecule has 2 heterocycles. The quantitative estimate of drug-likeness (QED) is 0.643. The number of carbonyl (C=O) groups excluding carboxylic acids is 1. The third-order valence-corrected chi connectivity index (χ3v) is 3.10. The first-order valence-electron chi connectivity index (χ1n) is 5.37. The average molecular weight is 203 g/mol. The molecular formula is C12H13NO2. The first kappa shape index (κ1) is 8.77. The van der Waals surface area contributed by atoms with Crippen LogP contribution < -0.4 is 9.64 Å². The van der Waals surface area contributed by atoms with Crippen molar-refractivity contribution in [2.45, 2.75) is 25.9 Å². The molecule has 0 saturated heterocycles.